The zero-order chi connectivity index (χ0) is 18.2. The molecule has 138 valence electrons. The van der Waals surface area contributed by atoms with E-state index >= 15 is 0 Å². The van der Waals surface area contributed by atoms with Crippen LogP contribution in [0.25, 0.3) is 0 Å². The van der Waals surface area contributed by atoms with Crippen molar-refractivity contribution in [1.29, 1.82) is 0 Å². The molecule has 0 aliphatic carbocycles. The number of para-hydroxylation sites is 1. The molecule has 2 aromatic rings. The van der Waals surface area contributed by atoms with Crippen LogP contribution in [0.15, 0.2) is 54.6 Å². The molecule has 1 fully saturated rings. The molecule has 0 saturated carbocycles. The van der Waals surface area contributed by atoms with Crippen LogP contribution < -0.4 is 20.3 Å². The summed E-state index contributed by atoms with van der Waals surface area (Å²) in [7, 11) is 1.60. The van der Waals surface area contributed by atoms with Gasteiger partial charge >= 0.3 is 0 Å². The van der Waals surface area contributed by atoms with E-state index in [0.717, 1.165) is 32.5 Å². The van der Waals surface area contributed by atoms with Gasteiger partial charge in [-0.25, -0.2) is 0 Å². The van der Waals surface area contributed by atoms with Crippen LogP contribution in [0.1, 0.15) is 23.2 Å². The summed E-state index contributed by atoms with van der Waals surface area (Å²) >= 11 is 0. The van der Waals surface area contributed by atoms with Gasteiger partial charge in [0.05, 0.1) is 7.11 Å². The Morgan fingerprint density at radius 1 is 1.08 bits per heavy atom. The second-order valence-electron chi connectivity index (χ2n) is 6.54. The molecular weight excluding hydrogens is 326 g/mol. The van der Waals surface area contributed by atoms with Gasteiger partial charge in [-0.05, 0) is 43.2 Å². The Balaban J connectivity index is 1.35. The van der Waals surface area contributed by atoms with Crippen molar-refractivity contribution in [2.45, 2.75) is 18.9 Å². The van der Waals surface area contributed by atoms with Gasteiger partial charge in [0.2, 0.25) is 0 Å². The van der Waals surface area contributed by atoms with E-state index in [-0.39, 0.29) is 5.91 Å². The maximum Gasteiger partial charge on any atom is 0.251 e. The van der Waals surface area contributed by atoms with Crippen LogP contribution in [-0.2, 0) is 0 Å². The second-order valence-corrected chi connectivity index (χ2v) is 6.54. The molecule has 2 aromatic carbocycles. The molecule has 5 heteroatoms. The molecule has 0 aromatic heterocycles. The van der Waals surface area contributed by atoms with Crippen LogP contribution in [0, 0.1) is 0 Å². The Morgan fingerprint density at radius 2 is 1.85 bits per heavy atom. The molecule has 1 amide bonds. The summed E-state index contributed by atoms with van der Waals surface area (Å²) in [6.45, 7) is 3.54. The minimum atomic E-state index is -0.0652. The smallest absolute Gasteiger partial charge is 0.251 e. The van der Waals surface area contributed by atoms with Gasteiger partial charge in [0, 0.05) is 43.5 Å². The van der Waals surface area contributed by atoms with E-state index in [1.54, 1.807) is 19.2 Å². The topological polar surface area (TPSA) is 53.6 Å². The zero-order valence-corrected chi connectivity index (χ0v) is 15.3. The number of piperidine rings is 1. The quantitative estimate of drug-likeness (QED) is 0.752. The second kappa shape index (κ2) is 9.25. The lowest BCUT2D eigenvalue weighted by atomic mass is 10.0. The Hall–Kier alpha value is -2.53. The third-order valence-corrected chi connectivity index (χ3v) is 4.79. The van der Waals surface area contributed by atoms with Crippen LogP contribution in [0.4, 0.5) is 5.69 Å². The lowest BCUT2D eigenvalue weighted by Gasteiger charge is -2.34. The molecule has 3 rings (SSSR count). The third kappa shape index (κ3) is 4.99. The molecule has 1 saturated heterocycles. The summed E-state index contributed by atoms with van der Waals surface area (Å²) < 4.78 is 5.15. The molecule has 0 radical (unpaired) electrons. The van der Waals surface area contributed by atoms with Crippen molar-refractivity contribution in [3.63, 3.8) is 0 Å². The molecule has 1 aliphatic heterocycles. The molecule has 1 heterocycles. The van der Waals surface area contributed by atoms with E-state index in [9.17, 15) is 4.79 Å². The Bertz CT molecular complexity index is 697. The van der Waals surface area contributed by atoms with Gasteiger partial charge in [0.1, 0.15) is 5.75 Å². The molecule has 0 atom stereocenters. The lowest BCUT2D eigenvalue weighted by molar-refractivity contribution is 0.0953. The molecule has 0 bridgehead atoms. The van der Waals surface area contributed by atoms with E-state index in [1.165, 1.54) is 5.69 Å². The predicted molar refractivity (Wildman–Crippen MR) is 105 cm³/mol. The van der Waals surface area contributed by atoms with Gasteiger partial charge in [-0.1, -0.05) is 24.3 Å². The molecule has 0 unspecified atom stereocenters. The summed E-state index contributed by atoms with van der Waals surface area (Å²) in [5.74, 6) is 0.630. The number of methoxy groups -OCH3 is 1. The number of nitrogens with zero attached hydrogens (tertiary/aromatic N) is 1. The number of nitrogens with one attached hydrogen (secondary N) is 2. The minimum absolute atomic E-state index is 0.0652. The number of hydrogen-bond donors (Lipinski definition) is 2. The Morgan fingerprint density at radius 3 is 2.58 bits per heavy atom. The number of hydrogen-bond acceptors (Lipinski definition) is 4. The fraction of sp³-hybridized carbons (Fsp3) is 0.381. The van der Waals surface area contributed by atoms with E-state index in [4.69, 9.17) is 4.74 Å². The van der Waals surface area contributed by atoms with Crippen molar-refractivity contribution in [2.75, 3.05) is 38.2 Å². The van der Waals surface area contributed by atoms with Gasteiger partial charge in [-0.15, -0.1) is 0 Å². The van der Waals surface area contributed by atoms with Crippen molar-refractivity contribution in [3.8, 4) is 5.75 Å². The van der Waals surface area contributed by atoms with E-state index in [2.05, 4.69) is 45.9 Å². The van der Waals surface area contributed by atoms with Crippen LogP contribution in [0.2, 0.25) is 0 Å². The first-order valence-corrected chi connectivity index (χ1v) is 9.22. The van der Waals surface area contributed by atoms with Crippen LogP contribution in [0.3, 0.4) is 0 Å². The summed E-state index contributed by atoms with van der Waals surface area (Å²) in [6, 6.07) is 18.3. The monoisotopic (exact) mass is 353 g/mol. The van der Waals surface area contributed by atoms with Crippen LogP contribution in [0.5, 0.6) is 5.75 Å². The summed E-state index contributed by atoms with van der Waals surface area (Å²) in [5, 5.41) is 6.51. The van der Waals surface area contributed by atoms with Gasteiger partial charge < -0.3 is 20.3 Å². The van der Waals surface area contributed by atoms with Crippen molar-refractivity contribution in [2.24, 2.45) is 0 Å². The van der Waals surface area contributed by atoms with Crippen molar-refractivity contribution >= 4 is 11.6 Å². The summed E-state index contributed by atoms with van der Waals surface area (Å²) in [4.78, 5) is 14.6. The SMILES string of the molecule is COc1cccc(C(=O)NCCNC2CCN(c3ccccc3)CC2)c1. The molecule has 0 spiro atoms. The average molecular weight is 353 g/mol. The van der Waals surface area contributed by atoms with Crippen LogP contribution in [-0.4, -0.2) is 45.2 Å². The maximum absolute atomic E-state index is 12.2. The molecule has 1 aliphatic rings. The normalized spacial score (nSPS) is 14.9. The Labute approximate surface area is 155 Å². The maximum atomic E-state index is 12.2. The van der Waals surface area contributed by atoms with Crippen LogP contribution >= 0.6 is 0 Å². The highest BCUT2D eigenvalue weighted by atomic mass is 16.5. The molecule has 5 nitrogen and oxygen atoms in total. The van der Waals surface area contributed by atoms with Crippen molar-refractivity contribution in [1.82, 2.24) is 10.6 Å². The number of rotatable bonds is 7. The van der Waals surface area contributed by atoms with Crippen molar-refractivity contribution in [3.05, 3.63) is 60.2 Å². The number of ether oxygens (including phenoxy) is 1. The fourth-order valence-corrected chi connectivity index (χ4v) is 3.30. The number of amides is 1. The number of carbonyl (C=O) groups is 1. The molecule has 26 heavy (non-hydrogen) atoms. The first-order valence-electron chi connectivity index (χ1n) is 9.22. The number of benzene rings is 2. The number of anilines is 1. The van der Waals surface area contributed by atoms with E-state index < -0.39 is 0 Å². The standard InChI is InChI=1S/C21H27N3O2/c1-26-20-9-5-6-17(16-20)21(25)23-13-12-22-18-10-14-24(15-11-18)19-7-3-2-4-8-19/h2-9,16,18,22H,10-15H2,1H3,(H,23,25). The summed E-state index contributed by atoms with van der Waals surface area (Å²) in [5.41, 5.74) is 1.93. The highest BCUT2D eigenvalue weighted by Crippen LogP contribution is 2.19. The third-order valence-electron chi connectivity index (χ3n) is 4.79. The summed E-state index contributed by atoms with van der Waals surface area (Å²) in [6.07, 6.45) is 2.25. The number of carbonyl (C=O) groups excluding carboxylic acids is 1. The van der Waals surface area contributed by atoms with Gasteiger partial charge in [0.15, 0.2) is 0 Å². The van der Waals surface area contributed by atoms with Crippen molar-refractivity contribution < 1.29 is 9.53 Å². The zero-order valence-electron chi connectivity index (χ0n) is 15.3. The highest BCUT2D eigenvalue weighted by Gasteiger charge is 2.18. The lowest BCUT2D eigenvalue weighted by Crippen LogP contribution is -2.44. The molecular formula is C21H27N3O2. The average Bonchev–Trinajstić information content (AvgIpc) is 2.72. The molecule has 2 N–H and O–H groups in total. The first kappa shape index (κ1) is 18.3. The Kier molecular flexibility index (Phi) is 6.50. The van der Waals surface area contributed by atoms with E-state index in [1.807, 2.05) is 12.1 Å². The highest BCUT2D eigenvalue weighted by molar-refractivity contribution is 5.94. The largest absolute Gasteiger partial charge is 0.497 e. The predicted octanol–water partition coefficient (Wildman–Crippen LogP) is 2.68. The fourth-order valence-electron chi connectivity index (χ4n) is 3.30. The van der Waals surface area contributed by atoms with Gasteiger partial charge in [-0.2, -0.15) is 0 Å². The van der Waals surface area contributed by atoms with Gasteiger partial charge in [0.25, 0.3) is 5.91 Å². The first-order chi connectivity index (χ1) is 12.8. The van der Waals surface area contributed by atoms with E-state index in [0.29, 0.717) is 23.9 Å². The minimum Gasteiger partial charge on any atom is -0.497 e. The van der Waals surface area contributed by atoms with Gasteiger partial charge in [-0.3, -0.25) is 4.79 Å².